The molecule has 1 aromatic rings. The summed E-state index contributed by atoms with van der Waals surface area (Å²) < 4.78 is 4.94. The molecule has 0 bridgehead atoms. The van der Waals surface area contributed by atoms with E-state index in [4.69, 9.17) is 16.3 Å². The monoisotopic (exact) mass is 355 g/mol. The summed E-state index contributed by atoms with van der Waals surface area (Å²) >= 11 is 5.95. The summed E-state index contributed by atoms with van der Waals surface area (Å²) in [7, 11) is 0. The second-order valence-electron chi connectivity index (χ2n) is 5.35. The highest BCUT2D eigenvalue weighted by molar-refractivity contribution is 6.34. The quantitative estimate of drug-likeness (QED) is 0.660. The fraction of sp³-hybridized carbons (Fsp3) is 0.467. The predicted octanol–water partition coefficient (Wildman–Crippen LogP) is 2.60. The largest absolute Gasteiger partial charge is 0.450 e. The van der Waals surface area contributed by atoms with Gasteiger partial charge < -0.3 is 15.0 Å². The van der Waals surface area contributed by atoms with E-state index in [0.717, 1.165) is 6.07 Å². The van der Waals surface area contributed by atoms with Gasteiger partial charge in [-0.1, -0.05) is 11.6 Å². The van der Waals surface area contributed by atoms with Crippen LogP contribution in [0, 0.1) is 10.1 Å². The maximum atomic E-state index is 12.3. The number of nitrogens with zero attached hydrogens (tertiary/aromatic N) is 2. The predicted molar refractivity (Wildman–Crippen MR) is 87.2 cm³/mol. The fourth-order valence-electron chi connectivity index (χ4n) is 2.49. The number of halogens is 1. The second kappa shape index (κ2) is 7.96. The molecule has 2 rings (SSSR count). The van der Waals surface area contributed by atoms with Crippen molar-refractivity contribution in [2.24, 2.45) is 0 Å². The molecule has 0 radical (unpaired) electrons. The molecule has 1 N–H and O–H groups in total. The molecule has 1 aromatic carbocycles. The van der Waals surface area contributed by atoms with Gasteiger partial charge in [0.15, 0.2) is 0 Å². The Morgan fingerprint density at radius 3 is 2.62 bits per heavy atom. The summed E-state index contributed by atoms with van der Waals surface area (Å²) in [5.41, 5.74) is 0.0226. The van der Waals surface area contributed by atoms with Crippen molar-refractivity contribution >= 4 is 29.3 Å². The first-order valence-electron chi connectivity index (χ1n) is 7.59. The van der Waals surface area contributed by atoms with Crippen molar-refractivity contribution in [2.45, 2.75) is 25.8 Å². The molecule has 8 nitrogen and oxygen atoms in total. The number of rotatable bonds is 4. The number of carbonyl (C=O) groups is 2. The molecule has 2 amide bonds. The molecule has 0 unspecified atom stereocenters. The van der Waals surface area contributed by atoms with E-state index in [2.05, 4.69) is 5.32 Å². The molecule has 0 aromatic heterocycles. The van der Waals surface area contributed by atoms with E-state index in [1.54, 1.807) is 11.8 Å². The van der Waals surface area contributed by atoms with Gasteiger partial charge in [0.05, 0.1) is 22.1 Å². The van der Waals surface area contributed by atoms with Gasteiger partial charge in [0.25, 0.3) is 11.6 Å². The van der Waals surface area contributed by atoms with Gasteiger partial charge in [-0.05, 0) is 25.8 Å². The molecular weight excluding hydrogens is 338 g/mol. The van der Waals surface area contributed by atoms with Crippen LogP contribution < -0.4 is 5.32 Å². The summed E-state index contributed by atoms with van der Waals surface area (Å²) in [5.74, 6) is -0.385. The lowest BCUT2D eigenvalue weighted by atomic mass is 10.0. The third kappa shape index (κ3) is 4.35. The Balaban J connectivity index is 1.92. The summed E-state index contributed by atoms with van der Waals surface area (Å²) in [6, 6.07) is 3.64. The van der Waals surface area contributed by atoms with Crippen LogP contribution in [-0.2, 0) is 4.74 Å². The number of nitrogens with one attached hydrogen (secondary N) is 1. The normalized spacial score (nSPS) is 15.0. The Labute approximate surface area is 143 Å². The van der Waals surface area contributed by atoms with Gasteiger partial charge in [-0.15, -0.1) is 0 Å². The summed E-state index contributed by atoms with van der Waals surface area (Å²) in [6.45, 7) is 3.07. The number of carbonyl (C=O) groups excluding carboxylic acids is 2. The molecule has 1 saturated heterocycles. The van der Waals surface area contributed by atoms with E-state index in [1.807, 2.05) is 0 Å². The first kappa shape index (κ1) is 18.0. The van der Waals surface area contributed by atoms with Crippen LogP contribution in [0.3, 0.4) is 0 Å². The highest BCUT2D eigenvalue weighted by Gasteiger charge is 2.25. The van der Waals surface area contributed by atoms with Crippen molar-refractivity contribution in [1.29, 1.82) is 0 Å². The van der Waals surface area contributed by atoms with Gasteiger partial charge in [0.2, 0.25) is 0 Å². The van der Waals surface area contributed by atoms with Crippen molar-refractivity contribution in [3.05, 3.63) is 38.9 Å². The lowest BCUT2D eigenvalue weighted by molar-refractivity contribution is -0.384. The minimum atomic E-state index is -0.571. The van der Waals surface area contributed by atoms with E-state index in [9.17, 15) is 19.7 Å². The molecule has 1 aliphatic heterocycles. The Morgan fingerprint density at radius 2 is 2.08 bits per heavy atom. The first-order valence-corrected chi connectivity index (χ1v) is 7.96. The number of nitro groups is 1. The van der Waals surface area contributed by atoms with Crippen LogP contribution >= 0.6 is 11.6 Å². The molecule has 24 heavy (non-hydrogen) atoms. The molecule has 0 spiro atoms. The zero-order valence-electron chi connectivity index (χ0n) is 13.2. The minimum absolute atomic E-state index is 0.0330. The van der Waals surface area contributed by atoms with Crippen molar-refractivity contribution in [1.82, 2.24) is 10.2 Å². The van der Waals surface area contributed by atoms with Crippen LogP contribution in [0.15, 0.2) is 18.2 Å². The van der Waals surface area contributed by atoms with Crippen LogP contribution in [0.25, 0.3) is 0 Å². The SMILES string of the molecule is CCOC(=O)N1CCC(NC(=O)c2ccc([N+](=O)[O-])cc2Cl)CC1. The number of nitro benzene ring substituents is 1. The zero-order chi connectivity index (χ0) is 17.7. The number of hydrogen-bond donors (Lipinski definition) is 1. The Morgan fingerprint density at radius 1 is 1.42 bits per heavy atom. The van der Waals surface area contributed by atoms with Crippen LogP contribution in [0.2, 0.25) is 5.02 Å². The molecule has 0 aliphatic carbocycles. The molecule has 0 saturated carbocycles. The van der Waals surface area contributed by atoms with E-state index in [1.165, 1.54) is 12.1 Å². The second-order valence-corrected chi connectivity index (χ2v) is 5.76. The highest BCUT2D eigenvalue weighted by atomic mass is 35.5. The van der Waals surface area contributed by atoms with Crippen molar-refractivity contribution in [3.8, 4) is 0 Å². The average molecular weight is 356 g/mol. The maximum absolute atomic E-state index is 12.3. The van der Waals surface area contributed by atoms with Gasteiger partial charge >= 0.3 is 6.09 Å². The number of likely N-dealkylation sites (tertiary alicyclic amines) is 1. The molecule has 1 aliphatic rings. The average Bonchev–Trinajstić information content (AvgIpc) is 2.55. The zero-order valence-corrected chi connectivity index (χ0v) is 13.9. The number of hydrogen-bond acceptors (Lipinski definition) is 5. The molecule has 1 heterocycles. The lowest BCUT2D eigenvalue weighted by Gasteiger charge is -2.31. The number of ether oxygens (including phenoxy) is 1. The van der Waals surface area contributed by atoms with Gasteiger partial charge in [-0.2, -0.15) is 0 Å². The Bertz CT molecular complexity index is 644. The van der Waals surface area contributed by atoms with Crippen LogP contribution in [0.5, 0.6) is 0 Å². The van der Waals surface area contributed by atoms with Gasteiger partial charge in [-0.25, -0.2) is 4.79 Å². The van der Waals surface area contributed by atoms with Crippen molar-refractivity contribution in [2.75, 3.05) is 19.7 Å². The molecular formula is C15H18ClN3O5. The van der Waals surface area contributed by atoms with E-state index < -0.39 is 4.92 Å². The topological polar surface area (TPSA) is 102 Å². The number of piperidine rings is 1. The molecule has 9 heteroatoms. The van der Waals surface area contributed by atoms with E-state index in [0.29, 0.717) is 32.5 Å². The van der Waals surface area contributed by atoms with E-state index >= 15 is 0 Å². The fourth-order valence-corrected chi connectivity index (χ4v) is 2.75. The first-order chi connectivity index (χ1) is 11.4. The van der Waals surface area contributed by atoms with Crippen LogP contribution in [0.4, 0.5) is 10.5 Å². The van der Waals surface area contributed by atoms with Crippen LogP contribution in [0.1, 0.15) is 30.1 Å². The van der Waals surface area contributed by atoms with Gasteiger partial charge in [-0.3, -0.25) is 14.9 Å². The third-order valence-electron chi connectivity index (χ3n) is 3.76. The molecule has 0 atom stereocenters. The smallest absolute Gasteiger partial charge is 0.409 e. The highest BCUT2D eigenvalue weighted by Crippen LogP contribution is 2.23. The van der Waals surface area contributed by atoms with E-state index in [-0.39, 0.29) is 34.3 Å². The minimum Gasteiger partial charge on any atom is -0.450 e. The standard InChI is InChI=1S/C15H18ClN3O5/c1-2-24-15(21)18-7-5-10(6-8-18)17-14(20)12-4-3-11(19(22)23)9-13(12)16/h3-4,9-10H,2,5-8H2,1H3,(H,17,20). The number of amides is 2. The van der Waals surface area contributed by atoms with Gasteiger partial charge in [0, 0.05) is 31.3 Å². The Hall–Kier alpha value is -2.35. The van der Waals surface area contributed by atoms with Crippen LogP contribution in [-0.4, -0.2) is 47.6 Å². The van der Waals surface area contributed by atoms with Gasteiger partial charge in [0.1, 0.15) is 0 Å². The van der Waals surface area contributed by atoms with Crippen molar-refractivity contribution < 1.29 is 19.2 Å². The number of benzene rings is 1. The summed E-state index contributed by atoms with van der Waals surface area (Å²) in [5, 5.41) is 13.6. The summed E-state index contributed by atoms with van der Waals surface area (Å²) in [6.07, 6.45) is 0.866. The number of non-ortho nitro benzene ring substituents is 1. The molecule has 130 valence electrons. The molecule has 1 fully saturated rings. The Kier molecular flexibility index (Phi) is 5.97. The van der Waals surface area contributed by atoms with Crippen molar-refractivity contribution in [3.63, 3.8) is 0 Å². The maximum Gasteiger partial charge on any atom is 0.409 e. The summed E-state index contributed by atoms with van der Waals surface area (Å²) in [4.78, 5) is 35.6. The third-order valence-corrected chi connectivity index (χ3v) is 4.08. The lowest BCUT2D eigenvalue weighted by Crippen LogP contribution is -2.46.